The molecular weight excluding hydrogens is 412 g/mol. The second-order valence-electron chi connectivity index (χ2n) is 6.62. The molecule has 4 aromatic rings. The van der Waals surface area contributed by atoms with E-state index in [1.807, 2.05) is 39.0 Å². The van der Waals surface area contributed by atoms with Gasteiger partial charge in [-0.15, -0.1) is 21.5 Å². The van der Waals surface area contributed by atoms with E-state index in [1.165, 1.54) is 23.1 Å². The van der Waals surface area contributed by atoms with Gasteiger partial charge in [-0.05, 0) is 44.5 Å². The molecule has 0 spiro atoms. The number of thioether (sulfide) groups is 1. The van der Waals surface area contributed by atoms with Crippen LogP contribution in [0.3, 0.4) is 0 Å². The molecule has 3 aromatic heterocycles. The minimum atomic E-state index is -0.167. The van der Waals surface area contributed by atoms with E-state index in [2.05, 4.69) is 20.2 Å². The highest BCUT2D eigenvalue weighted by molar-refractivity contribution is 7.99. The molecule has 1 aromatic carbocycles. The van der Waals surface area contributed by atoms with Crippen LogP contribution in [0, 0.1) is 13.8 Å². The van der Waals surface area contributed by atoms with Gasteiger partial charge in [0.25, 0.3) is 10.8 Å². The van der Waals surface area contributed by atoms with Crippen LogP contribution in [0.1, 0.15) is 28.4 Å². The second-order valence-corrected chi connectivity index (χ2v) is 9.11. The fourth-order valence-electron chi connectivity index (χ4n) is 3.07. The SMILES string of the molecule is Cc1sc2nc([C@H](C)Sc3nnc(-c4ccc5c(c4)OCO5)o3)[nH]c(=O)c2c1C. The number of benzene rings is 1. The fraction of sp³-hybridized carbons (Fsp3) is 0.263. The van der Waals surface area contributed by atoms with Crippen LogP contribution >= 0.6 is 23.1 Å². The van der Waals surface area contributed by atoms with Gasteiger partial charge >= 0.3 is 0 Å². The molecule has 1 N–H and O–H groups in total. The van der Waals surface area contributed by atoms with Crippen molar-refractivity contribution >= 4 is 33.3 Å². The van der Waals surface area contributed by atoms with E-state index >= 15 is 0 Å². The van der Waals surface area contributed by atoms with Crippen molar-refractivity contribution in [3.8, 4) is 23.0 Å². The van der Waals surface area contributed by atoms with Crippen molar-refractivity contribution < 1.29 is 13.9 Å². The Morgan fingerprint density at radius 3 is 2.90 bits per heavy atom. The normalized spacial score (nSPS) is 13.9. The predicted molar refractivity (Wildman–Crippen MR) is 110 cm³/mol. The van der Waals surface area contributed by atoms with Gasteiger partial charge in [0.05, 0.1) is 10.6 Å². The van der Waals surface area contributed by atoms with Crippen LogP contribution in [-0.4, -0.2) is 27.0 Å². The average molecular weight is 428 g/mol. The zero-order chi connectivity index (χ0) is 20.1. The molecule has 8 nitrogen and oxygen atoms in total. The first kappa shape index (κ1) is 18.2. The van der Waals surface area contributed by atoms with Gasteiger partial charge in [-0.3, -0.25) is 4.79 Å². The number of aryl methyl sites for hydroxylation is 2. The van der Waals surface area contributed by atoms with Crippen LogP contribution in [0.4, 0.5) is 0 Å². The highest BCUT2D eigenvalue weighted by Crippen LogP contribution is 2.38. The van der Waals surface area contributed by atoms with Crippen molar-refractivity contribution in [2.24, 2.45) is 0 Å². The summed E-state index contributed by atoms with van der Waals surface area (Å²) in [7, 11) is 0. The van der Waals surface area contributed by atoms with E-state index in [-0.39, 0.29) is 17.6 Å². The first-order chi connectivity index (χ1) is 14.0. The molecule has 1 aliphatic rings. The molecule has 0 bridgehead atoms. The number of ether oxygens (including phenoxy) is 2. The van der Waals surface area contributed by atoms with Gasteiger partial charge in [0.1, 0.15) is 10.7 Å². The minimum absolute atomic E-state index is 0.120. The van der Waals surface area contributed by atoms with Crippen LogP contribution < -0.4 is 15.0 Å². The Bertz CT molecular complexity index is 1290. The predicted octanol–water partition coefficient (Wildman–Crippen LogP) is 4.23. The van der Waals surface area contributed by atoms with Gasteiger partial charge in [0, 0.05) is 10.4 Å². The van der Waals surface area contributed by atoms with Crippen LogP contribution in [0.2, 0.25) is 0 Å². The number of rotatable bonds is 4. The van der Waals surface area contributed by atoms with Crippen molar-refractivity contribution in [2.75, 3.05) is 6.79 Å². The molecule has 0 unspecified atom stereocenters. The molecule has 0 saturated heterocycles. The van der Waals surface area contributed by atoms with E-state index in [0.717, 1.165) is 20.8 Å². The summed E-state index contributed by atoms with van der Waals surface area (Å²) in [4.78, 5) is 21.9. The molecule has 0 fully saturated rings. The van der Waals surface area contributed by atoms with Gasteiger partial charge in [0.15, 0.2) is 11.5 Å². The number of aromatic nitrogens is 4. The number of nitrogens with zero attached hydrogens (tertiary/aromatic N) is 3. The fourth-order valence-corrected chi connectivity index (χ4v) is 4.85. The summed E-state index contributed by atoms with van der Waals surface area (Å²) in [6.07, 6.45) is 0. The van der Waals surface area contributed by atoms with Gasteiger partial charge < -0.3 is 18.9 Å². The summed E-state index contributed by atoms with van der Waals surface area (Å²) in [5.41, 5.74) is 1.61. The zero-order valence-corrected chi connectivity index (χ0v) is 17.4. The van der Waals surface area contributed by atoms with Gasteiger partial charge in [-0.25, -0.2) is 4.98 Å². The molecular formula is C19H16N4O4S2. The number of hydrogen-bond donors (Lipinski definition) is 1. The first-order valence-corrected chi connectivity index (χ1v) is 10.6. The van der Waals surface area contributed by atoms with Crippen molar-refractivity contribution in [3.05, 3.63) is 44.8 Å². The lowest BCUT2D eigenvalue weighted by Crippen LogP contribution is -2.12. The van der Waals surface area contributed by atoms with E-state index in [0.29, 0.717) is 33.8 Å². The van der Waals surface area contributed by atoms with E-state index < -0.39 is 0 Å². The lowest BCUT2D eigenvalue weighted by atomic mass is 10.2. The molecule has 148 valence electrons. The maximum atomic E-state index is 12.5. The molecule has 1 atom stereocenters. The van der Waals surface area contributed by atoms with Gasteiger partial charge in [0.2, 0.25) is 12.7 Å². The highest BCUT2D eigenvalue weighted by Gasteiger charge is 2.20. The maximum absolute atomic E-state index is 12.5. The third-order valence-corrected chi connectivity index (χ3v) is 6.79. The largest absolute Gasteiger partial charge is 0.454 e. The number of hydrogen-bond acceptors (Lipinski definition) is 9. The standard InChI is InChI=1S/C19H16N4O4S2/c1-8-9(2)28-18-14(8)16(24)20-15(21-18)10(3)29-19-23-22-17(27-19)11-4-5-12-13(6-11)26-7-25-12/h4-6,10H,7H2,1-3H3,(H,20,21,24)/t10-/m0/s1. The van der Waals surface area contributed by atoms with Crippen molar-refractivity contribution in [1.82, 2.24) is 20.2 Å². The zero-order valence-electron chi connectivity index (χ0n) is 15.8. The summed E-state index contributed by atoms with van der Waals surface area (Å²) in [6, 6.07) is 5.46. The Kier molecular flexibility index (Phi) is 4.32. The summed E-state index contributed by atoms with van der Waals surface area (Å²) in [5, 5.41) is 9.12. The smallest absolute Gasteiger partial charge is 0.277 e. The average Bonchev–Trinajstić information content (AvgIpc) is 3.41. The van der Waals surface area contributed by atoms with Crippen molar-refractivity contribution in [3.63, 3.8) is 0 Å². The Hall–Kier alpha value is -2.85. The third-order valence-electron chi connectivity index (χ3n) is 4.75. The van der Waals surface area contributed by atoms with Crippen LogP contribution in [0.5, 0.6) is 11.5 Å². The van der Waals surface area contributed by atoms with Crippen LogP contribution in [-0.2, 0) is 0 Å². The highest BCUT2D eigenvalue weighted by atomic mass is 32.2. The summed E-state index contributed by atoms with van der Waals surface area (Å²) >= 11 is 2.87. The Balaban J connectivity index is 1.40. The maximum Gasteiger partial charge on any atom is 0.277 e. The van der Waals surface area contributed by atoms with Crippen LogP contribution in [0.25, 0.3) is 21.7 Å². The van der Waals surface area contributed by atoms with E-state index in [4.69, 9.17) is 13.9 Å². The quantitative estimate of drug-likeness (QED) is 0.482. The lowest BCUT2D eigenvalue weighted by Gasteiger charge is -2.07. The molecule has 0 amide bonds. The number of fused-ring (bicyclic) bond motifs is 2. The molecule has 4 heterocycles. The molecule has 5 rings (SSSR count). The van der Waals surface area contributed by atoms with Crippen molar-refractivity contribution in [1.29, 1.82) is 0 Å². The molecule has 0 aliphatic carbocycles. The van der Waals surface area contributed by atoms with Crippen LogP contribution in [0.15, 0.2) is 32.6 Å². The van der Waals surface area contributed by atoms with Gasteiger partial charge in [-0.2, -0.15) is 0 Å². The Labute approximate surface area is 173 Å². The summed E-state index contributed by atoms with van der Waals surface area (Å²) in [5.74, 6) is 2.32. The number of aromatic amines is 1. The van der Waals surface area contributed by atoms with Gasteiger partial charge in [-0.1, -0.05) is 11.8 Å². The molecule has 29 heavy (non-hydrogen) atoms. The monoisotopic (exact) mass is 428 g/mol. The molecule has 0 radical (unpaired) electrons. The van der Waals surface area contributed by atoms with E-state index in [9.17, 15) is 4.79 Å². The Morgan fingerprint density at radius 2 is 2.03 bits per heavy atom. The first-order valence-electron chi connectivity index (χ1n) is 8.89. The molecule has 1 aliphatic heterocycles. The topological polar surface area (TPSA) is 103 Å². The number of H-pyrrole nitrogens is 1. The number of nitrogens with one attached hydrogen (secondary N) is 1. The van der Waals surface area contributed by atoms with Crippen molar-refractivity contribution in [2.45, 2.75) is 31.2 Å². The summed E-state index contributed by atoms with van der Waals surface area (Å²) < 4.78 is 16.5. The number of thiophene rings is 1. The summed E-state index contributed by atoms with van der Waals surface area (Å²) in [6.45, 7) is 6.08. The second kappa shape index (κ2) is 6.89. The third kappa shape index (κ3) is 3.18. The molecule has 0 saturated carbocycles. The molecule has 10 heteroatoms. The Morgan fingerprint density at radius 1 is 1.21 bits per heavy atom. The van der Waals surface area contributed by atoms with E-state index in [1.54, 1.807) is 0 Å². The lowest BCUT2D eigenvalue weighted by molar-refractivity contribution is 0.174. The minimum Gasteiger partial charge on any atom is -0.454 e.